The quantitative estimate of drug-likeness (QED) is 0.847. The number of imidazole rings is 1. The number of rotatable bonds is 5. The molecular weight excluding hydrogens is 262 g/mol. The average Bonchev–Trinajstić information content (AvgIpc) is 2.92. The van der Waals surface area contributed by atoms with Gasteiger partial charge in [-0.25, -0.2) is 4.98 Å². The molecule has 1 aromatic carbocycles. The number of ether oxygens (including phenoxy) is 1. The summed E-state index contributed by atoms with van der Waals surface area (Å²) in [7, 11) is 1.80. The second-order valence-corrected chi connectivity index (χ2v) is 6.21. The summed E-state index contributed by atoms with van der Waals surface area (Å²) in [5, 5.41) is 0. The van der Waals surface area contributed by atoms with Crippen LogP contribution in [0.2, 0.25) is 0 Å². The molecule has 1 aliphatic rings. The molecule has 1 saturated heterocycles. The Kier molecular flexibility index (Phi) is 4.56. The lowest BCUT2D eigenvalue weighted by molar-refractivity contribution is 0.0849. The van der Waals surface area contributed by atoms with Crippen molar-refractivity contribution in [2.24, 2.45) is 5.92 Å². The topological polar surface area (TPSA) is 30.3 Å². The maximum Gasteiger partial charge on any atom is 0.0961 e. The molecule has 0 unspecified atom stereocenters. The molecule has 0 radical (unpaired) electrons. The summed E-state index contributed by atoms with van der Waals surface area (Å²) in [6, 6.07) is 8.81. The monoisotopic (exact) mass is 287 g/mol. The lowest BCUT2D eigenvalue weighted by Gasteiger charge is -2.34. The maximum absolute atomic E-state index is 5.32. The van der Waals surface area contributed by atoms with Crippen LogP contribution in [0.1, 0.15) is 25.8 Å². The molecule has 4 heteroatoms. The number of likely N-dealkylation sites (tertiary alicyclic amines) is 1. The zero-order chi connectivity index (χ0) is 14.7. The van der Waals surface area contributed by atoms with Gasteiger partial charge in [0.15, 0.2) is 0 Å². The molecule has 0 bridgehead atoms. The molecule has 0 N–H and O–H groups in total. The number of nitrogens with zero attached hydrogens (tertiary/aromatic N) is 3. The Morgan fingerprint density at radius 2 is 2.24 bits per heavy atom. The zero-order valence-electron chi connectivity index (χ0n) is 13.0. The van der Waals surface area contributed by atoms with Crippen molar-refractivity contribution in [1.29, 1.82) is 0 Å². The third-order valence-corrected chi connectivity index (χ3v) is 4.48. The van der Waals surface area contributed by atoms with E-state index in [2.05, 4.69) is 39.6 Å². The largest absolute Gasteiger partial charge is 0.384 e. The number of piperidine rings is 1. The van der Waals surface area contributed by atoms with Crippen LogP contribution in [-0.2, 0) is 4.74 Å². The number of benzene rings is 1. The fourth-order valence-corrected chi connectivity index (χ4v) is 3.48. The average molecular weight is 287 g/mol. The first-order valence-corrected chi connectivity index (χ1v) is 7.91. The molecule has 4 nitrogen and oxygen atoms in total. The van der Waals surface area contributed by atoms with E-state index in [1.54, 1.807) is 7.11 Å². The van der Waals surface area contributed by atoms with Gasteiger partial charge >= 0.3 is 0 Å². The fraction of sp³-hybridized carbons (Fsp3) is 0.588. The van der Waals surface area contributed by atoms with E-state index in [1.807, 2.05) is 12.4 Å². The minimum absolute atomic E-state index is 0.443. The Labute approximate surface area is 126 Å². The summed E-state index contributed by atoms with van der Waals surface area (Å²) < 4.78 is 7.62. The normalized spacial score (nSPS) is 21.7. The van der Waals surface area contributed by atoms with E-state index in [-0.39, 0.29) is 0 Å². The van der Waals surface area contributed by atoms with E-state index in [1.165, 1.54) is 24.9 Å². The third kappa shape index (κ3) is 3.27. The maximum atomic E-state index is 5.32. The Morgan fingerprint density at radius 3 is 3.10 bits per heavy atom. The van der Waals surface area contributed by atoms with Gasteiger partial charge in [-0.3, -0.25) is 0 Å². The molecule has 2 atom stereocenters. The lowest BCUT2D eigenvalue weighted by Crippen LogP contribution is -2.39. The SMILES string of the molecule is COC[C@H]1CCCN(C[C@H](C)n2cnc3ccccc32)C1. The molecule has 1 fully saturated rings. The van der Waals surface area contributed by atoms with Crippen LogP contribution in [0.5, 0.6) is 0 Å². The molecule has 0 amide bonds. The van der Waals surface area contributed by atoms with Crippen LogP contribution in [0.4, 0.5) is 0 Å². The van der Waals surface area contributed by atoms with Crippen LogP contribution in [0.15, 0.2) is 30.6 Å². The molecule has 2 aromatic rings. The van der Waals surface area contributed by atoms with Gasteiger partial charge in [-0.2, -0.15) is 0 Å². The summed E-state index contributed by atoms with van der Waals surface area (Å²) in [4.78, 5) is 7.08. The molecule has 0 aliphatic carbocycles. The summed E-state index contributed by atoms with van der Waals surface area (Å²) in [6.07, 6.45) is 4.56. The van der Waals surface area contributed by atoms with E-state index in [4.69, 9.17) is 4.74 Å². The third-order valence-electron chi connectivity index (χ3n) is 4.48. The van der Waals surface area contributed by atoms with Gasteiger partial charge < -0.3 is 14.2 Å². The minimum atomic E-state index is 0.443. The highest BCUT2D eigenvalue weighted by Gasteiger charge is 2.21. The van der Waals surface area contributed by atoms with Gasteiger partial charge in [0.25, 0.3) is 0 Å². The first-order chi connectivity index (χ1) is 10.3. The number of hydrogen-bond acceptors (Lipinski definition) is 3. The molecule has 0 spiro atoms. The van der Waals surface area contributed by atoms with Crippen molar-refractivity contribution in [2.45, 2.75) is 25.8 Å². The number of hydrogen-bond donors (Lipinski definition) is 0. The molecule has 3 rings (SSSR count). The Balaban J connectivity index is 1.67. The van der Waals surface area contributed by atoms with Crippen molar-refractivity contribution in [3.05, 3.63) is 30.6 Å². The van der Waals surface area contributed by atoms with E-state index < -0.39 is 0 Å². The number of aromatic nitrogens is 2. The number of para-hydroxylation sites is 2. The van der Waals surface area contributed by atoms with Gasteiger partial charge in [0, 0.05) is 26.2 Å². The predicted octanol–water partition coefficient (Wildman–Crippen LogP) is 2.96. The van der Waals surface area contributed by atoms with Gasteiger partial charge in [-0.1, -0.05) is 12.1 Å². The first-order valence-electron chi connectivity index (χ1n) is 7.91. The van der Waals surface area contributed by atoms with Crippen molar-refractivity contribution in [3.63, 3.8) is 0 Å². The van der Waals surface area contributed by atoms with E-state index in [0.29, 0.717) is 12.0 Å². The van der Waals surface area contributed by atoms with Crippen LogP contribution in [-0.4, -0.2) is 47.8 Å². The standard InChI is InChI=1S/C17H25N3O/c1-14(10-19-9-5-6-15(11-19)12-21-2)20-13-18-16-7-3-4-8-17(16)20/h3-4,7-8,13-15H,5-6,9-12H2,1-2H3/t14-,15-/m0/s1. The lowest BCUT2D eigenvalue weighted by atomic mass is 9.98. The second kappa shape index (κ2) is 6.58. The highest BCUT2D eigenvalue weighted by Crippen LogP contribution is 2.21. The van der Waals surface area contributed by atoms with Crippen molar-refractivity contribution >= 4 is 11.0 Å². The van der Waals surface area contributed by atoms with Crippen molar-refractivity contribution < 1.29 is 4.74 Å². The van der Waals surface area contributed by atoms with E-state index >= 15 is 0 Å². The van der Waals surface area contributed by atoms with Crippen molar-refractivity contribution in [1.82, 2.24) is 14.5 Å². The smallest absolute Gasteiger partial charge is 0.0961 e. The molecule has 114 valence electrons. The zero-order valence-corrected chi connectivity index (χ0v) is 13.0. The Bertz CT molecular complexity index is 578. The number of fused-ring (bicyclic) bond motifs is 1. The summed E-state index contributed by atoms with van der Waals surface area (Å²) >= 11 is 0. The number of methoxy groups -OCH3 is 1. The van der Waals surface area contributed by atoms with E-state index in [0.717, 1.165) is 25.2 Å². The van der Waals surface area contributed by atoms with Crippen LogP contribution < -0.4 is 0 Å². The Hall–Kier alpha value is -1.39. The molecular formula is C17H25N3O. The van der Waals surface area contributed by atoms with Crippen molar-refractivity contribution in [2.75, 3.05) is 33.4 Å². The highest BCUT2D eigenvalue weighted by molar-refractivity contribution is 5.75. The molecule has 0 saturated carbocycles. The Morgan fingerprint density at radius 1 is 1.38 bits per heavy atom. The molecule has 21 heavy (non-hydrogen) atoms. The highest BCUT2D eigenvalue weighted by atomic mass is 16.5. The first kappa shape index (κ1) is 14.5. The van der Waals surface area contributed by atoms with Crippen LogP contribution >= 0.6 is 0 Å². The van der Waals surface area contributed by atoms with Gasteiger partial charge in [0.05, 0.1) is 24.0 Å². The van der Waals surface area contributed by atoms with Gasteiger partial charge in [-0.05, 0) is 44.4 Å². The van der Waals surface area contributed by atoms with Crippen LogP contribution in [0, 0.1) is 5.92 Å². The van der Waals surface area contributed by atoms with E-state index in [9.17, 15) is 0 Å². The van der Waals surface area contributed by atoms with Gasteiger partial charge in [0.2, 0.25) is 0 Å². The van der Waals surface area contributed by atoms with Crippen LogP contribution in [0.25, 0.3) is 11.0 Å². The molecule has 1 aliphatic heterocycles. The van der Waals surface area contributed by atoms with Gasteiger partial charge in [-0.15, -0.1) is 0 Å². The molecule has 1 aromatic heterocycles. The summed E-state index contributed by atoms with van der Waals surface area (Å²) in [5.41, 5.74) is 2.32. The van der Waals surface area contributed by atoms with Gasteiger partial charge in [0.1, 0.15) is 0 Å². The second-order valence-electron chi connectivity index (χ2n) is 6.21. The van der Waals surface area contributed by atoms with Crippen molar-refractivity contribution in [3.8, 4) is 0 Å². The van der Waals surface area contributed by atoms with Crippen LogP contribution in [0.3, 0.4) is 0 Å². The summed E-state index contributed by atoms with van der Waals surface area (Å²) in [5.74, 6) is 0.690. The fourth-order valence-electron chi connectivity index (χ4n) is 3.48. The predicted molar refractivity (Wildman–Crippen MR) is 85.5 cm³/mol. The molecule has 2 heterocycles. The minimum Gasteiger partial charge on any atom is -0.384 e. The summed E-state index contributed by atoms with van der Waals surface area (Å²) in [6.45, 7) is 6.62.